The Morgan fingerprint density at radius 2 is 1.87 bits per heavy atom. The van der Waals surface area contributed by atoms with Crippen LogP contribution in [-0.2, 0) is 11.0 Å². The summed E-state index contributed by atoms with van der Waals surface area (Å²) in [5.41, 5.74) is -0.768. The third-order valence-electron chi connectivity index (χ3n) is 4.09. The Morgan fingerprint density at radius 1 is 1.13 bits per heavy atom. The number of imide groups is 1. The normalized spacial score (nSPS) is 15.8. The number of rotatable bonds is 5. The van der Waals surface area contributed by atoms with Gasteiger partial charge in [-0.15, -0.1) is 0 Å². The molecule has 30 heavy (non-hydrogen) atoms. The highest BCUT2D eigenvalue weighted by Gasteiger charge is 2.39. The molecule has 1 fully saturated rings. The second-order valence-electron chi connectivity index (χ2n) is 6.02. The maximum absolute atomic E-state index is 13.1. The predicted molar refractivity (Wildman–Crippen MR) is 109 cm³/mol. The predicted octanol–water partition coefficient (Wildman–Crippen LogP) is 6.01. The molecular weight excluding hydrogens is 443 g/mol. The number of hydrogen-bond donors (Lipinski definition) is 0. The first-order valence-electron chi connectivity index (χ1n) is 8.61. The molecule has 5 nitrogen and oxygen atoms in total. The lowest BCUT2D eigenvalue weighted by Gasteiger charge is -2.16. The second-order valence-corrected chi connectivity index (χ2v) is 7.42. The van der Waals surface area contributed by atoms with Crippen molar-refractivity contribution in [3.05, 3.63) is 57.5 Å². The molecule has 0 N–H and O–H groups in total. The monoisotopic (exact) mass is 457 g/mol. The molecule has 158 valence electrons. The highest BCUT2D eigenvalue weighted by atomic mass is 35.5. The van der Waals surface area contributed by atoms with Crippen molar-refractivity contribution >= 4 is 46.3 Å². The van der Waals surface area contributed by atoms with Crippen molar-refractivity contribution in [3.8, 4) is 11.5 Å². The first-order valence-corrected chi connectivity index (χ1v) is 9.80. The maximum atomic E-state index is 13.1. The topological polar surface area (TPSA) is 55.8 Å². The Bertz CT molecular complexity index is 1040. The average molecular weight is 458 g/mol. The number of amides is 2. The van der Waals surface area contributed by atoms with E-state index in [2.05, 4.69) is 0 Å². The summed E-state index contributed by atoms with van der Waals surface area (Å²) < 4.78 is 50.1. The van der Waals surface area contributed by atoms with Crippen LogP contribution in [0.4, 0.5) is 23.7 Å². The summed E-state index contributed by atoms with van der Waals surface area (Å²) in [6.07, 6.45) is -3.26. The number of carbonyl (C=O) groups is 2. The van der Waals surface area contributed by atoms with Gasteiger partial charge in [-0.3, -0.25) is 9.59 Å². The van der Waals surface area contributed by atoms with Gasteiger partial charge in [0.25, 0.3) is 11.1 Å². The van der Waals surface area contributed by atoms with Gasteiger partial charge in [0.15, 0.2) is 11.5 Å². The van der Waals surface area contributed by atoms with Gasteiger partial charge in [-0.2, -0.15) is 13.2 Å². The Labute approximate surface area is 179 Å². The van der Waals surface area contributed by atoms with Crippen LogP contribution >= 0.6 is 23.4 Å². The van der Waals surface area contributed by atoms with E-state index < -0.39 is 27.9 Å². The van der Waals surface area contributed by atoms with Crippen molar-refractivity contribution in [3.63, 3.8) is 0 Å². The smallest absolute Gasteiger partial charge is 0.417 e. The molecule has 10 heteroatoms. The van der Waals surface area contributed by atoms with E-state index in [1.807, 2.05) is 6.92 Å². The summed E-state index contributed by atoms with van der Waals surface area (Å²) in [6.45, 7) is 2.26. The van der Waals surface area contributed by atoms with E-state index in [4.69, 9.17) is 21.1 Å². The van der Waals surface area contributed by atoms with Crippen molar-refractivity contribution in [1.82, 2.24) is 0 Å². The minimum atomic E-state index is -4.72. The van der Waals surface area contributed by atoms with E-state index in [0.717, 1.165) is 6.07 Å². The van der Waals surface area contributed by atoms with Gasteiger partial charge >= 0.3 is 6.18 Å². The van der Waals surface area contributed by atoms with Gasteiger partial charge in [-0.25, -0.2) is 4.90 Å². The van der Waals surface area contributed by atoms with Crippen LogP contribution in [0.1, 0.15) is 18.1 Å². The van der Waals surface area contributed by atoms with Crippen LogP contribution in [0.2, 0.25) is 5.02 Å². The third-order valence-corrected chi connectivity index (χ3v) is 5.29. The summed E-state index contributed by atoms with van der Waals surface area (Å²) in [7, 11) is 1.47. The Morgan fingerprint density at radius 3 is 2.50 bits per heavy atom. The van der Waals surface area contributed by atoms with Crippen molar-refractivity contribution in [2.75, 3.05) is 18.6 Å². The molecule has 0 radical (unpaired) electrons. The molecule has 3 rings (SSSR count). The first-order chi connectivity index (χ1) is 14.2. The number of ether oxygens (including phenoxy) is 2. The molecule has 0 aliphatic carbocycles. The number of anilines is 1. The van der Waals surface area contributed by atoms with Crippen LogP contribution < -0.4 is 14.4 Å². The van der Waals surface area contributed by atoms with Gasteiger partial charge in [-0.1, -0.05) is 17.7 Å². The zero-order valence-electron chi connectivity index (χ0n) is 15.7. The minimum absolute atomic E-state index is 0.0646. The fourth-order valence-electron chi connectivity index (χ4n) is 2.76. The second kappa shape index (κ2) is 8.61. The Kier molecular flexibility index (Phi) is 6.33. The van der Waals surface area contributed by atoms with Crippen molar-refractivity contribution in [2.24, 2.45) is 0 Å². The largest absolute Gasteiger partial charge is 0.493 e. The molecule has 1 heterocycles. The fraction of sp³-hybridized carbons (Fsp3) is 0.200. The van der Waals surface area contributed by atoms with E-state index in [0.29, 0.717) is 46.4 Å². The van der Waals surface area contributed by atoms with Crippen molar-refractivity contribution < 1.29 is 32.2 Å². The van der Waals surface area contributed by atoms with Crippen LogP contribution in [0.3, 0.4) is 0 Å². The summed E-state index contributed by atoms with van der Waals surface area (Å²) in [6, 6.07) is 7.84. The van der Waals surface area contributed by atoms with Crippen LogP contribution in [0.15, 0.2) is 41.3 Å². The lowest BCUT2D eigenvalue weighted by atomic mass is 10.1. The number of methoxy groups -OCH3 is 1. The fourth-order valence-corrected chi connectivity index (χ4v) is 3.83. The standard InChI is InChI=1S/C20H15ClF3NO4S/c1-3-29-15-7-4-11(8-16(15)28-2)9-17-18(26)25(19(27)30-17)12-5-6-14(21)13(10-12)20(22,23)24/h4-10H,3H2,1-2H3/b17-9-. The van der Waals surface area contributed by atoms with E-state index in [1.165, 1.54) is 19.3 Å². The molecule has 2 aromatic carbocycles. The van der Waals surface area contributed by atoms with E-state index in [9.17, 15) is 22.8 Å². The van der Waals surface area contributed by atoms with Crippen molar-refractivity contribution in [1.29, 1.82) is 0 Å². The highest BCUT2D eigenvalue weighted by Crippen LogP contribution is 2.41. The molecule has 1 aliphatic heterocycles. The maximum Gasteiger partial charge on any atom is 0.417 e. The molecule has 0 aromatic heterocycles. The summed E-state index contributed by atoms with van der Waals surface area (Å²) in [5.74, 6) is 0.233. The molecule has 0 unspecified atom stereocenters. The number of halogens is 4. The summed E-state index contributed by atoms with van der Waals surface area (Å²) in [4.78, 5) is 25.9. The molecule has 1 saturated heterocycles. The highest BCUT2D eigenvalue weighted by molar-refractivity contribution is 8.19. The molecule has 0 saturated carbocycles. The molecule has 1 aliphatic rings. The third kappa shape index (κ3) is 4.41. The number of nitrogens with zero attached hydrogens (tertiary/aromatic N) is 1. The lowest BCUT2D eigenvalue weighted by molar-refractivity contribution is -0.137. The van der Waals surface area contributed by atoms with Gasteiger partial charge in [0, 0.05) is 0 Å². The molecular formula is C20H15ClF3NO4S. The number of thioether (sulfide) groups is 1. The van der Waals surface area contributed by atoms with Gasteiger partial charge in [0.2, 0.25) is 0 Å². The number of carbonyl (C=O) groups excluding carboxylic acids is 2. The van der Waals surface area contributed by atoms with Gasteiger partial charge in [0.05, 0.1) is 34.9 Å². The van der Waals surface area contributed by atoms with Crippen LogP contribution in [-0.4, -0.2) is 24.9 Å². The van der Waals surface area contributed by atoms with Gasteiger partial charge in [0.1, 0.15) is 0 Å². The molecule has 0 atom stereocenters. The van der Waals surface area contributed by atoms with Crippen LogP contribution in [0.5, 0.6) is 11.5 Å². The van der Waals surface area contributed by atoms with E-state index in [1.54, 1.807) is 18.2 Å². The number of alkyl halides is 3. The zero-order chi connectivity index (χ0) is 22.1. The minimum Gasteiger partial charge on any atom is -0.493 e. The van der Waals surface area contributed by atoms with Crippen LogP contribution in [0.25, 0.3) is 6.08 Å². The van der Waals surface area contributed by atoms with Gasteiger partial charge in [-0.05, 0) is 60.7 Å². The molecule has 0 spiro atoms. The first kappa shape index (κ1) is 22.0. The van der Waals surface area contributed by atoms with Gasteiger partial charge < -0.3 is 9.47 Å². The number of hydrogen-bond acceptors (Lipinski definition) is 5. The van der Waals surface area contributed by atoms with E-state index in [-0.39, 0.29) is 10.6 Å². The molecule has 0 bridgehead atoms. The quantitative estimate of drug-likeness (QED) is 0.515. The van der Waals surface area contributed by atoms with E-state index >= 15 is 0 Å². The van der Waals surface area contributed by atoms with Crippen molar-refractivity contribution in [2.45, 2.75) is 13.1 Å². The number of benzene rings is 2. The lowest BCUT2D eigenvalue weighted by Crippen LogP contribution is -2.28. The Hall–Kier alpha value is -2.65. The summed E-state index contributed by atoms with van der Waals surface area (Å²) >= 11 is 6.24. The zero-order valence-corrected chi connectivity index (χ0v) is 17.3. The Balaban J connectivity index is 1.94. The SMILES string of the molecule is CCOc1ccc(/C=C2\SC(=O)N(c3ccc(Cl)c(C(F)(F)F)c3)C2=O)cc1OC. The average Bonchev–Trinajstić information content (AvgIpc) is 2.96. The summed E-state index contributed by atoms with van der Waals surface area (Å²) in [5, 5.41) is -1.23. The molecule has 2 amide bonds. The van der Waals surface area contributed by atoms with Crippen LogP contribution in [0, 0.1) is 0 Å². The molecule has 2 aromatic rings.